The Morgan fingerprint density at radius 3 is 2.50 bits per heavy atom. The van der Waals surface area contributed by atoms with Gasteiger partial charge >= 0.3 is 0 Å². The molecule has 20 heavy (non-hydrogen) atoms. The minimum atomic E-state index is -0.433. The quantitative estimate of drug-likeness (QED) is 0.867. The Morgan fingerprint density at radius 2 is 1.90 bits per heavy atom. The van der Waals surface area contributed by atoms with Crippen LogP contribution in [0.1, 0.15) is 16.7 Å². The maximum Gasteiger partial charge on any atom is 0.286 e. The molecule has 2 rings (SSSR count). The predicted octanol–water partition coefficient (Wildman–Crippen LogP) is 4.18. The monoisotopic (exact) mass is 350 g/mol. The van der Waals surface area contributed by atoms with Gasteiger partial charge in [-0.15, -0.1) is 10.2 Å². The van der Waals surface area contributed by atoms with Crippen LogP contribution in [-0.4, -0.2) is 22.6 Å². The molecule has 0 unspecified atom stereocenters. The van der Waals surface area contributed by atoms with Crippen molar-refractivity contribution in [3.63, 3.8) is 0 Å². The number of hydrogen-bond acceptors (Lipinski definition) is 5. The molecule has 0 spiro atoms. The molecule has 0 aliphatic rings. The van der Waals surface area contributed by atoms with Gasteiger partial charge in [-0.2, -0.15) is 0 Å². The normalized spacial score (nSPS) is 10.4. The third-order valence-corrected chi connectivity index (χ3v) is 3.89. The maximum absolute atomic E-state index is 12.0. The first kappa shape index (κ1) is 15.3. The zero-order valence-corrected chi connectivity index (χ0v) is 13.3. The van der Waals surface area contributed by atoms with Gasteiger partial charge in [0.1, 0.15) is 0 Å². The largest absolute Gasteiger partial charge is 0.360 e. The Bertz CT molecular complexity index is 623. The molecule has 0 radical (unpaired) electrons. The van der Waals surface area contributed by atoms with Gasteiger partial charge in [0.05, 0.1) is 15.7 Å². The average molecular weight is 352 g/mol. The summed E-state index contributed by atoms with van der Waals surface area (Å²) in [6, 6.07) is 2.99. The number of carbonyl (C=O) groups excluding carboxylic acids is 1. The number of hydrogen-bond donors (Lipinski definition) is 2. The van der Waals surface area contributed by atoms with E-state index in [1.807, 2.05) is 6.92 Å². The third kappa shape index (κ3) is 3.52. The lowest BCUT2D eigenvalue weighted by Gasteiger charge is -2.08. The van der Waals surface area contributed by atoms with Gasteiger partial charge in [-0.05, 0) is 19.1 Å². The summed E-state index contributed by atoms with van der Waals surface area (Å²) in [7, 11) is 0. The second-order valence-corrected chi connectivity index (χ2v) is 5.87. The van der Waals surface area contributed by atoms with E-state index in [2.05, 4.69) is 20.8 Å². The first-order valence-corrected chi connectivity index (χ1v) is 7.49. The number of rotatable bonds is 4. The molecule has 0 aliphatic heterocycles. The lowest BCUT2D eigenvalue weighted by atomic mass is 10.3. The van der Waals surface area contributed by atoms with E-state index in [4.69, 9.17) is 34.8 Å². The molecule has 0 bridgehead atoms. The summed E-state index contributed by atoms with van der Waals surface area (Å²) in [6.07, 6.45) is 0. The van der Waals surface area contributed by atoms with Crippen molar-refractivity contribution in [2.24, 2.45) is 0 Å². The summed E-state index contributed by atoms with van der Waals surface area (Å²) in [5.74, 6) is -0.433. The molecule has 0 atom stereocenters. The maximum atomic E-state index is 12.0. The Kier molecular flexibility index (Phi) is 5.04. The van der Waals surface area contributed by atoms with Gasteiger partial charge in [0.15, 0.2) is 0 Å². The minimum absolute atomic E-state index is 0.211. The second kappa shape index (κ2) is 6.58. The van der Waals surface area contributed by atoms with Gasteiger partial charge in [-0.25, -0.2) is 0 Å². The highest BCUT2D eigenvalue weighted by molar-refractivity contribution is 7.17. The van der Waals surface area contributed by atoms with Gasteiger partial charge in [0, 0.05) is 11.6 Å². The fourth-order valence-electron chi connectivity index (χ4n) is 1.37. The molecule has 2 N–H and O–H groups in total. The summed E-state index contributed by atoms with van der Waals surface area (Å²) in [4.78, 5) is 12.0. The molecule has 1 aromatic heterocycles. The van der Waals surface area contributed by atoms with E-state index in [1.165, 1.54) is 12.1 Å². The van der Waals surface area contributed by atoms with Gasteiger partial charge < -0.3 is 10.6 Å². The number of amides is 1. The molecule has 2 aromatic rings. The molecule has 0 aliphatic carbocycles. The first-order valence-electron chi connectivity index (χ1n) is 5.54. The summed E-state index contributed by atoms with van der Waals surface area (Å²) in [5.41, 5.74) is 0.294. The van der Waals surface area contributed by atoms with Crippen molar-refractivity contribution in [2.45, 2.75) is 6.92 Å². The Hall–Kier alpha value is -1.08. The summed E-state index contributed by atoms with van der Waals surface area (Å²) in [6.45, 7) is 2.62. The van der Waals surface area contributed by atoms with Crippen LogP contribution in [0.5, 0.6) is 0 Å². The van der Waals surface area contributed by atoms with E-state index < -0.39 is 5.91 Å². The van der Waals surface area contributed by atoms with Crippen molar-refractivity contribution in [2.75, 3.05) is 17.2 Å². The zero-order valence-electron chi connectivity index (χ0n) is 10.2. The van der Waals surface area contributed by atoms with Crippen molar-refractivity contribution < 1.29 is 4.79 Å². The van der Waals surface area contributed by atoms with E-state index in [9.17, 15) is 4.79 Å². The van der Waals surface area contributed by atoms with Crippen LogP contribution in [0.2, 0.25) is 15.1 Å². The summed E-state index contributed by atoms with van der Waals surface area (Å²) >= 11 is 18.9. The smallest absolute Gasteiger partial charge is 0.286 e. The fourth-order valence-corrected chi connectivity index (χ4v) is 2.98. The minimum Gasteiger partial charge on any atom is -0.360 e. The van der Waals surface area contributed by atoms with E-state index in [0.717, 1.165) is 11.3 Å². The van der Waals surface area contributed by atoms with Crippen molar-refractivity contribution in [1.29, 1.82) is 0 Å². The highest BCUT2D eigenvalue weighted by Gasteiger charge is 2.16. The van der Waals surface area contributed by atoms with E-state index >= 15 is 0 Å². The molecular formula is C11H9Cl3N4OS. The van der Waals surface area contributed by atoms with Crippen molar-refractivity contribution in [1.82, 2.24) is 10.2 Å². The number of halogens is 3. The van der Waals surface area contributed by atoms with Crippen molar-refractivity contribution >= 4 is 62.9 Å². The number of nitrogens with zero attached hydrogens (tertiary/aromatic N) is 2. The predicted molar refractivity (Wildman–Crippen MR) is 83.5 cm³/mol. The molecule has 9 heteroatoms. The van der Waals surface area contributed by atoms with E-state index in [-0.39, 0.29) is 15.1 Å². The Balaban J connectivity index is 2.19. The highest BCUT2D eigenvalue weighted by Crippen LogP contribution is 2.34. The van der Waals surface area contributed by atoms with Crippen molar-refractivity contribution in [3.05, 3.63) is 32.2 Å². The third-order valence-electron chi connectivity index (χ3n) is 2.19. The zero-order chi connectivity index (χ0) is 14.7. The number of benzene rings is 1. The molecule has 1 aromatic carbocycles. The molecule has 1 amide bonds. The molecule has 0 saturated heterocycles. The van der Waals surface area contributed by atoms with E-state index in [1.54, 1.807) is 0 Å². The van der Waals surface area contributed by atoms with Gasteiger partial charge in [-0.1, -0.05) is 46.1 Å². The molecule has 1 heterocycles. The first-order chi connectivity index (χ1) is 9.51. The average Bonchev–Trinajstić information content (AvgIpc) is 2.82. The topological polar surface area (TPSA) is 66.9 Å². The van der Waals surface area contributed by atoms with Crippen LogP contribution in [0.15, 0.2) is 12.1 Å². The lowest BCUT2D eigenvalue weighted by molar-refractivity contribution is 0.102. The van der Waals surface area contributed by atoms with Crippen LogP contribution in [0.25, 0.3) is 0 Å². The van der Waals surface area contributed by atoms with Crippen LogP contribution in [0, 0.1) is 0 Å². The SMILES string of the molecule is CCNc1nnc(C(=O)Nc2c(Cl)cc(Cl)cc2Cl)s1. The number of carbonyl (C=O) groups is 1. The fraction of sp³-hybridized carbons (Fsp3) is 0.182. The highest BCUT2D eigenvalue weighted by atomic mass is 35.5. The number of nitrogens with one attached hydrogen (secondary N) is 2. The number of anilines is 2. The van der Waals surface area contributed by atoms with Crippen LogP contribution in [0.4, 0.5) is 10.8 Å². The lowest BCUT2D eigenvalue weighted by Crippen LogP contribution is -2.12. The van der Waals surface area contributed by atoms with Crippen LogP contribution in [0.3, 0.4) is 0 Å². The van der Waals surface area contributed by atoms with Crippen LogP contribution < -0.4 is 10.6 Å². The number of aromatic nitrogens is 2. The Labute approximate surface area is 134 Å². The summed E-state index contributed by atoms with van der Waals surface area (Å²) in [5, 5.41) is 14.9. The molecule has 0 fully saturated rings. The second-order valence-electron chi connectivity index (χ2n) is 3.64. The van der Waals surface area contributed by atoms with Gasteiger partial charge in [-0.3, -0.25) is 4.79 Å². The standard InChI is InChI=1S/C11H9Cl3N4OS/c1-2-15-11-18-17-10(20-11)9(19)16-8-6(13)3-5(12)4-7(8)14/h3-4H,2H2,1H3,(H,15,18)(H,16,19). The molecule has 0 saturated carbocycles. The summed E-state index contributed by atoms with van der Waals surface area (Å²) < 4.78 is 0. The van der Waals surface area contributed by atoms with E-state index in [0.29, 0.717) is 22.4 Å². The molecular weight excluding hydrogens is 343 g/mol. The Morgan fingerprint density at radius 1 is 1.25 bits per heavy atom. The van der Waals surface area contributed by atoms with Crippen molar-refractivity contribution in [3.8, 4) is 0 Å². The molecule has 5 nitrogen and oxygen atoms in total. The van der Waals surface area contributed by atoms with Gasteiger partial charge in [0.2, 0.25) is 10.1 Å². The van der Waals surface area contributed by atoms with Crippen LogP contribution in [-0.2, 0) is 0 Å². The molecule has 106 valence electrons. The van der Waals surface area contributed by atoms with Gasteiger partial charge in [0.25, 0.3) is 5.91 Å². The van der Waals surface area contributed by atoms with Crippen LogP contribution >= 0.6 is 46.1 Å².